The van der Waals surface area contributed by atoms with E-state index >= 15 is 0 Å². The Morgan fingerprint density at radius 3 is 1.17 bits per heavy atom. The third-order valence-corrected chi connectivity index (χ3v) is 5.46. The summed E-state index contributed by atoms with van der Waals surface area (Å²) in [5.41, 5.74) is 0. The Morgan fingerprint density at radius 2 is 0.870 bits per heavy atom. The van der Waals surface area contributed by atoms with Gasteiger partial charge in [-0.25, -0.2) is 0 Å². The fraction of sp³-hybridized carbons (Fsp3) is 1.00. The Balaban J connectivity index is 0.000000403. The van der Waals surface area contributed by atoms with Crippen molar-refractivity contribution in [1.82, 2.24) is 0 Å². The molecule has 0 bridgehead atoms. The molecule has 2 fully saturated rings. The molecule has 23 heavy (non-hydrogen) atoms. The van der Waals surface area contributed by atoms with Crippen molar-refractivity contribution in [3.05, 3.63) is 0 Å². The fourth-order valence-electron chi connectivity index (χ4n) is 4.02. The Morgan fingerprint density at radius 1 is 0.522 bits per heavy atom. The van der Waals surface area contributed by atoms with Crippen LogP contribution < -0.4 is 10.2 Å². The van der Waals surface area contributed by atoms with Gasteiger partial charge in [0.15, 0.2) is 0 Å². The Hall–Kier alpha value is 0.842. The zero-order valence-corrected chi connectivity index (χ0v) is 19.1. The normalized spacial score (nSPS) is 19.6. The van der Waals surface area contributed by atoms with E-state index in [1.807, 2.05) is 0 Å². The molecule has 0 aromatic rings. The van der Waals surface area contributed by atoms with Crippen LogP contribution in [0.15, 0.2) is 0 Å². The minimum atomic E-state index is 0. The monoisotopic (exact) mass is 518 g/mol. The molecule has 0 aromatic heterocycles. The van der Waals surface area contributed by atoms with Gasteiger partial charge in [-0.3, -0.25) is 0 Å². The molecule has 134 valence electrons. The van der Waals surface area contributed by atoms with Crippen molar-refractivity contribution in [3.63, 3.8) is 0 Å². The summed E-state index contributed by atoms with van der Waals surface area (Å²) in [6.07, 6.45) is 21.1. The summed E-state index contributed by atoms with van der Waals surface area (Å²) >= 11 is 0. The topological polar surface area (TPSA) is 46.1 Å². The molecule has 2 aliphatic rings. The minimum absolute atomic E-state index is 0. The van der Waals surface area contributed by atoms with Gasteiger partial charge >= 0.3 is 27.3 Å². The number of unbranched alkanes of at least 4 members (excludes halogenated alkanes) is 2. The molecule has 0 spiro atoms. The van der Waals surface area contributed by atoms with E-state index in [4.69, 9.17) is 0 Å². The van der Waals surface area contributed by atoms with Crippen molar-refractivity contribution >= 4 is 27.3 Å². The average Bonchev–Trinajstić information content (AvgIpc) is 2.58. The summed E-state index contributed by atoms with van der Waals surface area (Å²) in [6, 6.07) is 0. The van der Waals surface area contributed by atoms with Gasteiger partial charge in [0, 0.05) is 0 Å². The third kappa shape index (κ3) is 13.8. The molecule has 0 aromatic carbocycles. The largest absolute Gasteiger partial charge is 2.00 e. The van der Waals surface area contributed by atoms with E-state index in [0.29, 0.717) is 0 Å². The van der Waals surface area contributed by atoms with Crippen LogP contribution in [0, 0.1) is 11.8 Å². The predicted octanol–water partition coefficient (Wildman–Crippen LogP) is 3.81. The van der Waals surface area contributed by atoms with Gasteiger partial charge in [0.1, 0.15) is 0 Å². The zero-order chi connectivity index (χ0) is 15.9. The maximum atomic E-state index is 10.2. The standard InChI is InChI=1S/2C10H19O.Pb/c2*11-9-5-4-8-10-6-2-1-3-7-10;/h2*10H,1-9H2;/q2*-1;+2. The van der Waals surface area contributed by atoms with Crippen LogP contribution in [-0.4, -0.2) is 40.5 Å². The second-order valence-corrected chi connectivity index (χ2v) is 7.41. The predicted molar refractivity (Wildman–Crippen MR) is 96.3 cm³/mol. The van der Waals surface area contributed by atoms with Gasteiger partial charge in [0.05, 0.1) is 0 Å². The maximum Gasteiger partial charge on any atom is 2.00 e. The maximum absolute atomic E-state index is 10.2. The van der Waals surface area contributed by atoms with Gasteiger partial charge in [-0.05, 0) is 11.8 Å². The van der Waals surface area contributed by atoms with Crippen molar-refractivity contribution in [2.24, 2.45) is 11.8 Å². The fourth-order valence-corrected chi connectivity index (χ4v) is 4.02. The Kier molecular flexibility index (Phi) is 18.3. The van der Waals surface area contributed by atoms with Gasteiger partial charge in [0.2, 0.25) is 0 Å². The number of hydrogen-bond donors (Lipinski definition) is 0. The van der Waals surface area contributed by atoms with E-state index in [2.05, 4.69) is 0 Å². The van der Waals surface area contributed by atoms with Crippen molar-refractivity contribution < 1.29 is 10.2 Å². The van der Waals surface area contributed by atoms with Crippen LogP contribution in [0.4, 0.5) is 0 Å². The van der Waals surface area contributed by atoms with Crippen molar-refractivity contribution in [2.75, 3.05) is 13.2 Å². The summed E-state index contributed by atoms with van der Waals surface area (Å²) in [5, 5.41) is 20.3. The third-order valence-electron chi connectivity index (χ3n) is 5.46. The number of hydrogen-bond acceptors (Lipinski definition) is 2. The molecule has 2 saturated carbocycles. The van der Waals surface area contributed by atoms with Crippen LogP contribution in [0.3, 0.4) is 0 Å². The molecule has 2 nitrogen and oxygen atoms in total. The molecule has 0 amide bonds. The van der Waals surface area contributed by atoms with E-state index < -0.39 is 0 Å². The summed E-state index contributed by atoms with van der Waals surface area (Å²) in [6.45, 7) is 0.263. The van der Waals surface area contributed by atoms with Gasteiger partial charge in [-0.2, -0.15) is 0 Å². The molecule has 0 saturated heterocycles. The first-order valence-corrected chi connectivity index (χ1v) is 10.0. The van der Waals surface area contributed by atoms with Crippen LogP contribution in [0.2, 0.25) is 0 Å². The SMILES string of the molecule is [O-]CCCCC1CCCCC1.[O-]CCCCC1CCCCC1.[Pb+2]. The molecule has 0 atom stereocenters. The van der Waals surface area contributed by atoms with Crippen LogP contribution in [0.25, 0.3) is 0 Å². The van der Waals surface area contributed by atoms with Crippen molar-refractivity contribution in [3.8, 4) is 0 Å². The molecule has 0 N–H and O–H groups in total. The van der Waals surface area contributed by atoms with Gasteiger partial charge in [-0.1, -0.05) is 103 Å². The van der Waals surface area contributed by atoms with E-state index in [-0.39, 0.29) is 40.5 Å². The molecule has 3 heteroatoms. The van der Waals surface area contributed by atoms with E-state index in [0.717, 1.165) is 24.7 Å². The molecule has 0 aliphatic heterocycles. The molecule has 2 rings (SSSR count). The molecule has 2 aliphatic carbocycles. The second-order valence-electron chi connectivity index (χ2n) is 7.41. The zero-order valence-electron chi connectivity index (χ0n) is 15.2. The number of rotatable bonds is 8. The minimum Gasteiger partial charge on any atom is -0.854 e. The summed E-state index contributed by atoms with van der Waals surface area (Å²) in [5.74, 6) is 1.94. The van der Waals surface area contributed by atoms with Gasteiger partial charge in [0.25, 0.3) is 0 Å². The van der Waals surface area contributed by atoms with Crippen LogP contribution in [0.5, 0.6) is 0 Å². The summed E-state index contributed by atoms with van der Waals surface area (Å²) in [7, 11) is 0. The van der Waals surface area contributed by atoms with Crippen LogP contribution in [0.1, 0.15) is 103 Å². The van der Waals surface area contributed by atoms with Crippen molar-refractivity contribution in [2.45, 2.75) is 103 Å². The van der Waals surface area contributed by atoms with E-state index in [1.54, 1.807) is 0 Å². The smallest absolute Gasteiger partial charge is 0.854 e. The Labute approximate surface area is 165 Å². The average molecular weight is 518 g/mol. The molecule has 0 heterocycles. The molecule has 2 radical (unpaired) electrons. The Bertz CT molecular complexity index is 200. The first-order chi connectivity index (χ1) is 10.9. The first kappa shape index (κ1) is 23.8. The van der Waals surface area contributed by atoms with Crippen LogP contribution >= 0.6 is 0 Å². The first-order valence-electron chi connectivity index (χ1n) is 10.0. The quantitative estimate of drug-likeness (QED) is 0.363. The molecular formula is C20H38O2Pb. The molecule has 0 unspecified atom stereocenters. The van der Waals surface area contributed by atoms with E-state index in [9.17, 15) is 10.2 Å². The van der Waals surface area contributed by atoms with Gasteiger partial charge < -0.3 is 10.2 Å². The van der Waals surface area contributed by atoms with Crippen molar-refractivity contribution in [1.29, 1.82) is 0 Å². The molecular weight excluding hydrogens is 479 g/mol. The van der Waals surface area contributed by atoms with Gasteiger partial charge in [-0.15, -0.1) is 13.2 Å². The summed E-state index contributed by atoms with van der Waals surface area (Å²) in [4.78, 5) is 0. The van der Waals surface area contributed by atoms with Crippen LogP contribution in [-0.2, 0) is 0 Å². The summed E-state index contributed by atoms with van der Waals surface area (Å²) < 4.78 is 0. The second kappa shape index (κ2) is 17.7. The van der Waals surface area contributed by atoms with E-state index in [1.165, 1.54) is 89.9 Å².